The number of halogens is 1. The van der Waals surface area contributed by atoms with Crippen LogP contribution >= 0.6 is 0 Å². The number of para-hydroxylation sites is 1. The highest BCUT2D eigenvalue weighted by molar-refractivity contribution is 5.47. The van der Waals surface area contributed by atoms with Gasteiger partial charge in [0, 0.05) is 18.4 Å². The van der Waals surface area contributed by atoms with Gasteiger partial charge in [-0.1, -0.05) is 24.3 Å². The molecule has 3 aromatic rings. The second-order valence-electron chi connectivity index (χ2n) is 5.95. The van der Waals surface area contributed by atoms with Crippen molar-refractivity contribution in [1.29, 1.82) is 0 Å². The van der Waals surface area contributed by atoms with Crippen molar-refractivity contribution in [2.24, 2.45) is 5.73 Å². The Kier molecular flexibility index (Phi) is 5.81. The first-order valence-corrected chi connectivity index (χ1v) is 8.36. The number of ether oxygens (including phenoxy) is 2. The van der Waals surface area contributed by atoms with Gasteiger partial charge in [-0.25, -0.2) is 4.39 Å². The van der Waals surface area contributed by atoms with E-state index in [1.807, 2.05) is 30.3 Å². The highest BCUT2D eigenvalue weighted by atomic mass is 19.1. The molecular formula is C21H21FN2O2. The van der Waals surface area contributed by atoms with E-state index in [9.17, 15) is 4.39 Å². The minimum Gasteiger partial charge on any atom is -0.493 e. The van der Waals surface area contributed by atoms with E-state index >= 15 is 0 Å². The van der Waals surface area contributed by atoms with Crippen molar-refractivity contribution >= 4 is 0 Å². The van der Waals surface area contributed by atoms with Gasteiger partial charge in [-0.15, -0.1) is 0 Å². The van der Waals surface area contributed by atoms with Gasteiger partial charge in [0.25, 0.3) is 0 Å². The average Bonchev–Trinajstić information content (AvgIpc) is 2.68. The smallest absolute Gasteiger partial charge is 0.164 e. The Hall–Kier alpha value is -2.92. The van der Waals surface area contributed by atoms with Gasteiger partial charge in [-0.3, -0.25) is 4.98 Å². The third kappa shape index (κ3) is 4.37. The van der Waals surface area contributed by atoms with Gasteiger partial charge in [0.15, 0.2) is 11.5 Å². The summed E-state index contributed by atoms with van der Waals surface area (Å²) in [4.78, 5) is 4.02. The maximum absolute atomic E-state index is 13.1. The highest BCUT2D eigenvalue weighted by Gasteiger charge is 2.15. The lowest BCUT2D eigenvalue weighted by Crippen LogP contribution is -2.14. The molecule has 0 aliphatic rings. The van der Waals surface area contributed by atoms with Gasteiger partial charge in [-0.2, -0.15) is 0 Å². The summed E-state index contributed by atoms with van der Waals surface area (Å²) in [6, 6.07) is 15.6. The van der Waals surface area contributed by atoms with Gasteiger partial charge < -0.3 is 15.2 Å². The molecule has 0 amide bonds. The molecule has 1 atom stereocenters. The van der Waals surface area contributed by atoms with Gasteiger partial charge in [0.05, 0.1) is 7.11 Å². The molecule has 1 unspecified atom stereocenters. The fourth-order valence-corrected chi connectivity index (χ4v) is 2.75. The Labute approximate surface area is 152 Å². The largest absolute Gasteiger partial charge is 0.493 e. The van der Waals surface area contributed by atoms with Crippen LogP contribution in [0.1, 0.15) is 22.7 Å². The molecule has 1 aromatic heterocycles. The predicted molar refractivity (Wildman–Crippen MR) is 98.6 cm³/mol. The fourth-order valence-electron chi connectivity index (χ4n) is 2.75. The maximum Gasteiger partial charge on any atom is 0.164 e. The normalized spacial score (nSPS) is 11.8. The first-order chi connectivity index (χ1) is 12.7. The minimum absolute atomic E-state index is 0.182. The number of methoxy groups -OCH3 is 1. The van der Waals surface area contributed by atoms with E-state index in [0.717, 1.165) is 16.7 Å². The van der Waals surface area contributed by atoms with Gasteiger partial charge in [0.2, 0.25) is 0 Å². The van der Waals surface area contributed by atoms with Crippen LogP contribution in [0.5, 0.6) is 11.5 Å². The van der Waals surface area contributed by atoms with Crippen LogP contribution in [0.15, 0.2) is 67.0 Å². The summed E-state index contributed by atoms with van der Waals surface area (Å²) in [6.45, 7) is 0.318. The van der Waals surface area contributed by atoms with Crippen molar-refractivity contribution in [2.45, 2.75) is 19.1 Å². The Morgan fingerprint density at radius 3 is 2.46 bits per heavy atom. The summed E-state index contributed by atoms with van der Waals surface area (Å²) in [5.74, 6) is 1.03. The lowest BCUT2D eigenvalue weighted by molar-refractivity contribution is 0.280. The molecule has 0 aliphatic carbocycles. The topological polar surface area (TPSA) is 57.4 Å². The quantitative estimate of drug-likeness (QED) is 0.697. The first kappa shape index (κ1) is 17.9. The third-order valence-corrected chi connectivity index (χ3v) is 4.15. The molecule has 0 fully saturated rings. The molecule has 3 rings (SSSR count). The number of hydrogen-bond acceptors (Lipinski definition) is 4. The monoisotopic (exact) mass is 352 g/mol. The molecule has 0 spiro atoms. The van der Waals surface area contributed by atoms with Crippen LogP contribution in [0.2, 0.25) is 0 Å². The van der Waals surface area contributed by atoms with E-state index in [-0.39, 0.29) is 11.9 Å². The first-order valence-electron chi connectivity index (χ1n) is 8.36. The van der Waals surface area contributed by atoms with Crippen LogP contribution in [0.4, 0.5) is 4.39 Å². The van der Waals surface area contributed by atoms with Crippen LogP contribution in [-0.4, -0.2) is 12.1 Å². The average molecular weight is 352 g/mol. The molecule has 0 bridgehead atoms. The summed E-state index contributed by atoms with van der Waals surface area (Å²) < 4.78 is 24.5. The number of nitrogens with two attached hydrogens (primary N) is 1. The van der Waals surface area contributed by atoms with Crippen LogP contribution in [0, 0.1) is 5.82 Å². The van der Waals surface area contributed by atoms with E-state index < -0.39 is 0 Å². The van der Waals surface area contributed by atoms with Crippen molar-refractivity contribution < 1.29 is 13.9 Å². The molecule has 134 valence electrons. The van der Waals surface area contributed by atoms with Crippen LogP contribution in [0.25, 0.3) is 0 Å². The Morgan fingerprint density at radius 2 is 1.77 bits per heavy atom. The molecule has 4 nitrogen and oxygen atoms in total. The Bertz CT molecular complexity index is 838. The minimum atomic E-state index is -0.268. The van der Waals surface area contributed by atoms with Crippen molar-refractivity contribution in [3.05, 3.63) is 89.5 Å². The molecule has 2 N–H and O–H groups in total. The highest BCUT2D eigenvalue weighted by Crippen LogP contribution is 2.34. The molecule has 26 heavy (non-hydrogen) atoms. The van der Waals surface area contributed by atoms with E-state index in [1.165, 1.54) is 12.1 Å². The van der Waals surface area contributed by atoms with Crippen LogP contribution in [0.3, 0.4) is 0 Å². The molecule has 0 saturated heterocycles. The number of pyridine rings is 1. The van der Waals surface area contributed by atoms with Crippen molar-refractivity contribution in [3.63, 3.8) is 0 Å². The summed E-state index contributed by atoms with van der Waals surface area (Å²) in [5, 5.41) is 0. The predicted octanol–water partition coefficient (Wildman–Crippen LogP) is 4.05. The standard InChI is InChI=1S/C21H21FN2O2/c1-25-20-4-2-3-17(13-19(23)16-9-11-24-12-10-16)21(20)26-14-15-5-7-18(22)8-6-15/h2-12,19H,13-14,23H2,1H3. The number of aromatic nitrogens is 1. The van der Waals surface area contributed by atoms with Gasteiger partial charge in [-0.05, 0) is 53.4 Å². The number of nitrogens with zero attached hydrogens (tertiary/aromatic N) is 1. The summed E-state index contributed by atoms with van der Waals surface area (Å²) in [7, 11) is 1.60. The lowest BCUT2D eigenvalue weighted by atomic mass is 9.99. The molecule has 2 aromatic carbocycles. The molecule has 0 radical (unpaired) electrons. The molecular weight excluding hydrogens is 331 g/mol. The number of rotatable bonds is 7. The second-order valence-corrected chi connectivity index (χ2v) is 5.95. The second kappa shape index (κ2) is 8.45. The van der Waals surface area contributed by atoms with Crippen LogP contribution < -0.4 is 15.2 Å². The van der Waals surface area contributed by atoms with E-state index in [2.05, 4.69) is 4.98 Å². The molecule has 1 heterocycles. The van der Waals surface area contributed by atoms with Crippen molar-refractivity contribution in [2.75, 3.05) is 7.11 Å². The zero-order valence-electron chi connectivity index (χ0n) is 14.6. The summed E-state index contributed by atoms with van der Waals surface area (Å²) in [5.41, 5.74) is 9.18. The zero-order valence-corrected chi connectivity index (χ0v) is 14.6. The van der Waals surface area contributed by atoms with E-state index in [0.29, 0.717) is 24.5 Å². The fraction of sp³-hybridized carbons (Fsp3) is 0.190. The number of hydrogen-bond donors (Lipinski definition) is 1. The van der Waals surface area contributed by atoms with Crippen LogP contribution in [-0.2, 0) is 13.0 Å². The maximum atomic E-state index is 13.1. The van der Waals surface area contributed by atoms with Crippen molar-refractivity contribution in [3.8, 4) is 11.5 Å². The molecule has 0 saturated carbocycles. The van der Waals surface area contributed by atoms with E-state index in [4.69, 9.17) is 15.2 Å². The van der Waals surface area contributed by atoms with Crippen molar-refractivity contribution in [1.82, 2.24) is 4.98 Å². The Balaban J connectivity index is 1.80. The third-order valence-electron chi connectivity index (χ3n) is 4.15. The zero-order chi connectivity index (χ0) is 18.4. The Morgan fingerprint density at radius 1 is 1.04 bits per heavy atom. The summed E-state index contributed by atoms with van der Waals surface area (Å²) >= 11 is 0. The SMILES string of the molecule is COc1cccc(CC(N)c2ccncc2)c1OCc1ccc(F)cc1. The van der Waals surface area contributed by atoms with Gasteiger partial charge in [0.1, 0.15) is 12.4 Å². The molecule has 5 heteroatoms. The van der Waals surface area contributed by atoms with Gasteiger partial charge >= 0.3 is 0 Å². The summed E-state index contributed by atoms with van der Waals surface area (Å²) in [6.07, 6.45) is 4.05. The lowest BCUT2D eigenvalue weighted by Gasteiger charge is -2.18. The van der Waals surface area contributed by atoms with E-state index in [1.54, 1.807) is 31.6 Å². The molecule has 0 aliphatic heterocycles. The number of benzene rings is 2.